The molecule has 0 aliphatic carbocycles. The van der Waals surface area contributed by atoms with E-state index in [1.165, 1.54) is 20.7 Å². The number of benzene rings is 2. The fraction of sp³-hybridized carbons (Fsp3) is 0.118. The molecule has 0 saturated carbocycles. The lowest BCUT2D eigenvalue weighted by Crippen LogP contribution is -2.33. The molecule has 2 aromatic carbocycles. The minimum atomic E-state index is 0.267. The molecule has 1 heterocycles. The Morgan fingerprint density at radius 2 is 1.77 bits per heavy atom. The van der Waals surface area contributed by atoms with Gasteiger partial charge in [0.2, 0.25) is 11.1 Å². The second-order valence-electron chi connectivity index (χ2n) is 5.04. The van der Waals surface area contributed by atoms with Crippen LogP contribution >= 0.6 is 32.9 Å². The Labute approximate surface area is 163 Å². The highest BCUT2D eigenvalue weighted by Gasteiger charge is 2.18. The van der Waals surface area contributed by atoms with Crippen molar-refractivity contribution in [3.05, 3.63) is 52.5 Å². The van der Waals surface area contributed by atoms with Gasteiger partial charge in [-0.15, -0.1) is 0 Å². The van der Waals surface area contributed by atoms with Gasteiger partial charge < -0.3 is 15.2 Å². The van der Waals surface area contributed by atoms with E-state index in [2.05, 4.69) is 9.98 Å². The van der Waals surface area contributed by atoms with E-state index < -0.39 is 0 Å². The molecule has 0 amide bonds. The Balaban J connectivity index is 2.07. The molecule has 26 heavy (non-hydrogen) atoms. The highest BCUT2D eigenvalue weighted by Crippen LogP contribution is 2.32. The van der Waals surface area contributed by atoms with Crippen LogP contribution in [0, 0.1) is 3.95 Å². The number of nitrogens with zero attached hydrogens (tertiary/aromatic N) is 3. The minimum absolute atomic E-state index is 0.267. The van der Waals surface area contributed by atoms with E-state index in [1.807, 2.05) is 42.5 Å². The Morgan fingerprint density at radius 3 is 2.42 bits per heavy atom. The van der Waals surface area contributed by atoms with Gasteiger partial charge in [-0.2, -0.15) is 4.98 Å². The second-order valence-corrected chi connectivity index (χ2v) is 7.77. The number of aromatic nitrogens is 1. The lowest BCUT2D eigenvalue weighted by atomic mass is 10.3. The highest BCUT2D eigenvalue weighted by molar-refractivity contribution is 7.80. The first-order valence-electron chi connectivity index (χ1n) is 7.50. The lowest BCUT2D eigenvalue weighted by molar-refractivity contribution is 0.415. The number of hydrogen-bond donors (Lipinski definition) is 1. The van der Waals surface area contributed by atoms with Crippen LogP contribution in [0.3, 0.4) is 0 Å². The van der Waals surface area contributed by atoms with Crippen molar-refractivity contribution in [3.8, 4) is 11.5 Å². The van der Waals surface area contributed by atoms with Crippen molar-refractivity contribution in [1.29, 1.82) is 0 Å². The zero-order valence-electron chi connectivity index (χ0n) is 14.1. The number of methoxy groups -OCH3 is 2. The monoisotopic (exact) mass is 404 g/mol. The Kier molecular flexibility index (Phi) is 5.82. The van der Waals surface area contributed by atoms with Crippen molar-refractivity contribution in [2.24, 2.45) is 10.7 Å². The van der Waals surface area contributed by atoms with Crippen LogP contribution in [0.2, 0.25) is 0 Å². The number of anilines is 2. The van der Waals surface area contributed by atoms with Crippen LogP contribution in [-0.2, 0) is 0 Å². The van der Waals surface area contributed by atoms with Gasteiger partial charge in [-0.1, -0.05) is 12.1 Å². The first-order valence-corrected chi connectivity index (χ1v) is 10.1. The molecule has 0 atom stereocenters. The first-order chi connectivity index (χ1) is 12.6. The molecule has 0 spiro atoms. The summed E-state index contributed by atoms with van der Waals surface area (Å²) < 4.78 is 11.1. The smallest absolute Gasteiger partial charge is 0.209 e. The average molecular weight is 405 g/mol. The molecule has 0 bridgehead atoms. The van der Waals surface area contributed by atoms with E-state index in [0.717, 1.165) is 5.69 Å². The van der Waals surface area contributed by atoms with Crippen LogP contribution in [0.15, 0.2) is 53.5 Å². The van der Waals surface area contributed by atoms with Crippen molar-refractivity contribution in [3.63, 3.8) is 0 Å². The van der Waals surface area contributed by atoms with Crippen LogP contribution in [0.4, 0.5) is 16.5 Å². The van der Waals surface area contributed by atoms with E-state index in [1.54, 1.807) is 25.2 Å². The van der Waals surface area contributed by atoms with Crippen LogP contribution in [0.25, 0.3) is 0 Å². The van der Waals surface area contributed by atoms with E-state index in [9.17, 15) is 0 Å². The van der Waals surface area contributed by atoms with Crippen molar-refractivity contribution < 1.29 is 9.47 Å². The first kappa shape index (κ1) is 18.3. The molecule has 0 aliphatic heterocycles. The molecular formula is C17H16N4O2S3. The summed E-state index contributed by atoms with van der Waals surface area (Å²) in [5, 5.41) is 0.650. The summed E-state index contributed by atoms with van der Waals surface area (Å²) in [7, 11) is 6.07. The summed E-state index contributed by atoms with van der Waals surface area (Å²) in [6, 6.07) is 14.9. The van der Waals surface area contributed by atoms with Gasteiger partial charge in [0.15, 0.2) is 3.95 Å². The summed E-state index contributed by atoms with van der Waals surface area (Å²) in [6.07, 6.45) is 0. The molecule has 2 N–H and O–H groups in total. The summed E-state index contributed by atoms with van der Waals surface area (Å²) in [6.45, 7) is 0. The molecule has 0 radical (unpaired) electrons. The van der Waals surface area contributed by atoms with Gasteiger partial charge >= 0.3 is 0 Å². The zero-order chi connectivity index (χ0) is 18.5. The molecule has 3 rings (SSSR count). The van der Waals surface area contributed by atoms with Crippen LogP contribution in [0.1, 0.15) is 0 Å². The molecular weight excluding hydrogens is 388 g/mol. The maximum Gasteiger partial charge on any atom is 0.209 e. The molecule has 3 aromatic rings. The molecule has 0 unspecified atom stereocenters. The highest BCUT2D eigenvalue weighted by atomic mass is 32.9. The average Bonchev–Trinajstić information content (AvgIpc) is 3.08. The van der Waals surface area contributed by atoms with Gasteiger partial charge in [0.05, 0.1) is 25.6 Å². The minimum Gasteiger partial charge on any atom is -0.497 e. The maximum absolute atomic E-state index is 6.34. The fourth-order valence-corrected chi connectivity index (χ4v) is 4.29. The number of nitrogens with two attached hydrogens (primary N) is 1. The zero-order valence-corrected chi connectivity index (χ0v) is 16.5. The number of rotatable bonds is 5. The maximum atomic E-state index is 6.34. The summed E-state index contributed by atoms with van der Waals surface area (Å²) in [4.78, 5) is 10.7. The topological polar surface area (TPSA) is 73.0 Å². The summed E-state index contributed by atoms with van der Waals surface area (Å²) in [5.74, 6) is 1.68. The van der Waals surface area contributed by atoms with Gasteiger partial charge in [0.1, 0.15) is 11.5 Å². The van der Waals surface area contributed by atoms with Crippen LogP contribution in [-0.4, -0.2) is 25.2 Å². The van der Waals surface area contributed by atoms with Gasteiger partial charge in [-0.05, 0) is 57.2 Å². The van der Waals surface area contributed by atoms with E-state index >= 15 is 0 Å². The Hall–Kier alpha value is -2.49. The standard InChI is InChI=1S/C17H16N4O2S3/c1-22-13-7-3-5-11(9-13)19-15(18)21(16-20-17(24)26-25-16)12-6-4-8-14(10-12)23-2/h3-10H,1-2H3,(H2,18,19). The third-order valence-corrected chi connectivity index (χ3v) is 5.97. The predicted molar refractivity (Wildman–Crippen MR) is 110 cm³/mol. The summed E-state index contributed by atoms with van der Waals surface area (Å²) in [5.41, 5.74) is 7.79. The number of guanidine groups is 1. The Bertz CT molecular complexity index is 984. The largest absolute Gasteiger partial charge is 0.497 e. The number of hydrogen-bond acceptors (Lipinski definition) is 7. The number of ether oxygens (including phenoxy) is 2. The van der Waals surface area contributed by atoms with Crippen LogP contribution in [0.5, 0.6) is 11.5 Å². The molecule has 0 fully saturated rings. The van der Waals surface area contributed by atoms with E-state index in [4.69, 9.17) is 27.4 Å². The van der Waals surface area contributed by atoms with Crippen LogP contribution < -0.4 is 20.1 Å². The quantitative estimate of drug-likeness (QED) is 0.287. The van der Waals surface area contributed by atoms with Crippen molar-refractivity contribution in [1.82, 2.24) is 4.98 Å². The molecule has 134 valence electrons. The Morgan fingerprint density at radius 1 is 1.08 bits per heavy atom. The van der Waals surface area contributed by atoms with E-state index in [-0.39, 0.29) is 5.96 Å². The SMILES string of the molecule is COc1cccc(N=C(N)N(c2cccc(OC)c2)c2nc(=S)ss2)c1. The van der Waals surface area contributed by atoms with Gasteiger partial charge in [0, 0.05) is 12.1 Å². The summed E-state index contributed by atoms with van der Waals surface area (Å²) >= 11 is 5.17. The molecule has 9 heteroatoms. The van der Waals surface area contributed by atoms with E-state index in [0.29, 0.717) is 26.3 Å². The van der Waals surface area contributed by atoms with Gasteiger partial charge in [-0.25, -0.2) is 4.99 Å². The lowest BCUT2D eigenvalue weighted by Gasteiger charge is -2.21. The molecule has 6 nitrogen and oxygen atoms in total. The fourth-order valence-electron chi connectivity index (χ4n) is 2.23. The number of aliphatic imine (C=N–C) groups is 1. The van der Waals surface area contributed by atoms with Crippen molar-refractivity contribution in [2.45, 2.75) is 0 Å². The van der Waals surface area contributed by atoms with Gasteiger partial charge in [-0.3, -0.25) is 4.90 Å². The predicted octanol–water partition coefficient (Wildman–Crippen LogP) is 4.74. The normalized spacial score (nSPS) is 11.2. The third kappa shape index (κ3) is 4.18. The van der Waals surface area contributed by atoms with Crippen molar-refractivity contribution >= 4 is 55.4 Å². The van der Waals surface area contributed by atoms with Crippen molar-refractivity contribution in [2.75, 3.05) is 19.1 Å². The van der Waals surface area contributed by atoms with Gasteiger partial charge in [0.25, 0.3) is 0 Å². The third-order valence-electron chi connectivity index (χ3n) is 3.40. The molecule has 1 aromatic heterocycles. The molecule has 0 saturated heterocycles. The second kappa shape index (κ2) is 8.26. The molecule has 0 aliphatic rings.